The second-order valence-corrected chi connectivity index (χ2v) is 9.75. The fourth-order valence-electron chi connectivity index (χ4n) is 4.94. The molecule has 0 radical (unpaired) electrons. The molecule has 1 heterocycles. The van der Waals surface area contributed by atoms with Crippen LogP contribution in [0.1, 0.15) is 42.1 Å². The van der Waals surface area contributed by atoms with Crippen molar-refractivity contribution in [3.05, 3.63) is 94.6 Å². The first kappa shape index (κ1) is 28.7. The molecule has 1 saturated heterocycles. The first-order valence-electron chi connectivity index (χ1n) is 13.4. The number of likely N-dealkylation sites (tertiary alicyclic amines) is 1. The third kappa shape index (κ3) is 6.13. The fourth-order valence-corrected chi connectivity index (χ4v) is 4.94. The van der Waals surface area contributed by atoms with E-state index in [0.29, 0.717) is 36.6 Å². The Labute approximate surface area is 235 Å². The molecule has 8 heteroatoms. The monoisotopic (exact) mass is 544 g/mol. The Morgan fingerprint density at radius 3 is 2.38 bits per heavy atom. The van der Waals surface area contributed by atoms with Crippen LogP contribution in [0.4, 0.5) is 0 Å². The standard InChI is InChI=1S/C32H36N2O6/c1-5-33(6-2)16-17-34-29(24-12-15-26(35)27(19-24)39-4)28(31(37)32(34)38)30(36)23-10-13-25(14-11-23)40-20-22-9-7-8-21(3)18-22/h7-15,18-19,29,35-36H,5-6,16-17,20H2,1-4H3/b30-28+. The first-order chi connectivity index (χ1) is 19.3. The van der Waals surface area contributed by atoms with Crippen molar-refractivity contribution in [1.82, 2.24) is 9.80 Å². The van der Waals surface area contributed by atoms with Crippen molar-refractivity contribution in [3.8, 4) is 17.2 Å². The molecule has 4 rings (SSSR count). The summed E-state index contributed by atoms with van der Waals surface area (Å²) in [6.45, 7) is 8.96. The van der Waals surface area contributed by atoms with Gasteiger partial charge in [0.25, 0.3) is 11.7 Å². The molecule has 210 valence electrons. The van der Waals surface area contributed by atoms with Crippen LogP contribution in [0.5, 0.6) is 17.2 Å². The van der Waals surface area contributed by atoms with E-state index in [-0.39, 0.29) is 22.8 Å². The van der Waals surface area contributed by atoms with Gasteiger partial charge in [0.05, 0.1) is 18.7 Å². The van der Waals surface area contributed by atoms with Crippen molar-refractivity contribution < 1.29 is 29.3 Å². The molecule has 1 fully saturated rings. The lowest BCUT2D eigenvalue weighted by atomic mass is 9.95. The number of hydrogen-bond donors (Lipinski definition) is 2. The Morgan fingerprint density at radius 1 is 1.00 bits per heavy atom. The van der Waals surface area contributed by atoms with Crippen molar-refractivity contribution >= 4 is 17.4 Å². The maximum absolute atomic E-state index is 13.3. The van der Waals surface area contributed by atoms with Crippen molar-refractivity contribution in [2.75, 3.05) is 33.3 Å². The molecule has 1 unspecified atom stereocenters. The number of nitrogens with zero attached hydrogens (tertiary/aromatic N) is 2. The van der Waals surface area contributed by atoms with Crippen LogP contribution in [0.2, 0.25) is 0 Å². The molecule has 1 aliphatic rings. The van der Waals surface area contributed by atoms with Gasteiger partial charge in [0, 0.05) is 18.7 Å². The molecule has 0 spiro atoms. The van der Waals surface area contributed by atoms with E-state index in [1.54, 1.807) is 36.4 Å². The number of amides is 1. The highest BCUT2D eigenvalue weighted by Crippen LogP contribution is 2.41. The van der Waals surface area contributed by atoms with Gasteiger partial charge in [-0.05, 0) is 67.5 Å². The molecule has 8 nitrogen and oxygen atoms in total. The molecule has 40 heavy (non-hydrogen) atoms. The maximum Gasteiger partial charge on any atom is 0.295 e. The van der Waals surface area contributed by atoms with Gasteiger partial charge in [-0.3, -0.25) is 9.59 Å². The molecular weight excluding hydrogens is 508 g/mol. The quantitative estimate of drug-likeness (QED) is 0.198. The molecule has 3 aromatic carbocycles. The summed E-state index contributed by atoms with van der Waals surface area (Å²) in [4.78, 5) is 30.2. The van der Waals surface area contributed by atoms with Crippen LogP contribution in [-0.4, -0.2) is 65.0 Å². The lowest BCUT2D eigenvalue weighted by molar-refractivity contribution is -0.140. The van der Waals surface area contributed by atoms with Crippen LogP contribution >= 0.6 is 0 Å². The van der Waals surface area contributed by atoms with E-state index in [1.807, 2.05) is 39.0 Å². The van der Waals surface area contributed by atoms with E-state index in [2.05, 4.69) is 11.0 Å². The van der Waals surface area contributed by atoms with Gasteiger partial charge in [-0.1, -0.05) is 49.7 Å². The van der Waals surface area contributed by atoms with E-state index in [0.717, 1.165) is 24.2 Å². The first-order valence-corrected chi connectivity index (χ1v) is 13.4. The summed E-state index contributed by atoms with van der Waals surface area (Å²) >= 11 is 0. The number of benzene rings is 3. The van der Waals surface area contributed by atoms with Gasteiger partial charge >= 0.3 is 0 Å². The minimum absolute atomic E-state index is 0.00859. The van der Waals surface area contributed by atoms with E-state index < -0.39 is 17.7 Å². The fraction of sp³-hybridized carbons (Fsp3) is 0.312. The van der Waals surface area contributed by atoms with E-state index in [9.17, 15) is 19.8 Å². The van der Waals surface area contributed by atoms with Crippen molar-refractivity contribution in [2.45, 2.75) is 33.4 Å². The summed E-state index contributed by atoms with van der Waals surface area (Å²) in [6.07, 6.45) is 0. The Morgan fingerprint density at radius 2 is 1.73 bits per heavy atom. The number of phenols is 1. The number of phenolic OH excluding ortho intramolecular Hbond substituents is 1. The van der Waals surface area contributed by atoms with E-state index in [1.165, 1.54) is 18.1 Å². The van der Waals surface area contributed by atoms with Gasteiger partial charge in [-0.15, -0.1) is 0 Å². The maximum atomic E-state index is 13.3. The number of aliphatic hydroxyl groups excluding tert-OH is 1. The molecule has 1 amide bonds. The Hall–Kier alpha value is -4.30. The number of Topliss-reactive ketones (excluding diaryl/α,β-unsaturated/α-hetero) is 1. The molecule has 3 aromatic rings. The predicted molar refractivity (Wildman–Crippen MR) is 153 cm³/mol. The van der Waals surface area contributed by atoms with Crippen LogP contribution in [0.15, 0.2) is 72.3 Å². The van der Waals surface area contributed by atoms with Crippen LogP contribution in [-0.2, 0) is 16.2 Å². The average Bonchev–Trinajstić information content (AvgIpc) is 3.22. The Bertz CT molecular complexity index is 1390. The summed E-state index contributed by atoms with van der Waals surface area (Å²) in [5, 5.41) is 21.5. The highest BCUT2D eigenvalue weighted by Gasteiger charge is 2.46. The number of aryl methyl sites for hydroxylation is 1. The zero-order valence-electron chi connectivity index (χ0n) is 23.4. The topological polar surface area (TPSA) is 99.5 Å². The third-order valence-corrected chi connectivity index (χ3v) is 7.23. The number of rotatable bonds is 11. The second-order valence-electron chi connectivity index (χ2n) is 9.75. The van der Waals surface area contributed by atoms with Crippen LogP contribution in [0, 0.1) is 6.92 Å². The number of likely N-dealkylation sites (N-methyl/N-ethyl adjacent to an activating group) is 1. The number of aromatic hydroxyl groups is 1. The lowest BCUT2D eigenvalue weighted by Crippen LogP contribution is -2.38. The van der Waals surface area contributed by atoms with E-state index >= 15 is 0 Å². The van der Waals surface area contributed by atoms with Crippen LogP contribution in [0.25, 0.3) is 5.76 Å². The van der Waals surface area contributed by atoms with Crippen molar-refractivity contribution in [3.63, 3.8) is 0 Å². The zero-order valence-corrected chi connectivity index (χ0v) is 23.4. The molecule has 1 aliphatic heterocycles. The summed E-state index contributed by atoms with van der Waals surface area (Å²) in [5.74, 6) is -0.948. The highest BCUT2D eigenvalue weighted by atomic mass is 16.5. The molecule has 0 aromatic heterocycles. The minimum atomic E-state index is -0.845. The largest absolute Gasteiger partial charge is 0.507 e. The highest BCUT2D eigenvalue weighted by molar-refractivity contribution is 6.46. The normalized spacial score (nSPS) is 16.5. The average molecular weight is 545 g/mol. The summed E-state index contributed by atoms with van der Waals surface area (Å²) in [6, 6.07) is 18.7. The lowest BCUT2D eigenvalue weighted by Gasteiger charge is -2.28. The van der Waals surface area contributed by atoms with Gasteiger partial charge in [0.15, 0.2) is 11.5 Å². The number of ether oxygens (including phenoxy) is 2. The van der Waals surface area contributed by atoms with Gasteiger partial charge in [0.2, 0.25) is 0 Å². The van der Waals surface area contributed by atoms with Crippen molar-refractivity contribution in [2.24, 2.45) is 0 Å². The Balaban J connectivity index is 1.67. The van der Waals surface area contributed by atoms with Crippen LogP contribution < -0.4 is 9.47 Å². The third-order valence-electron chi connectivity index (χ3n) is 7.23. The predicted octanol–water partition coefficient (Wildman–Crippen LogP) is 5.05. The minimum Gasteiger partial charge on any atom is -0.507 e. The number of hydrogen-bond acceptors (Lipinski definition) is 7. The molecule has 0 aliphatic carbocycles. The molecule has 2 N–H and O–H groups in total. The molecular formula is C32H36N2O6. The van der Waals surface area contributed by atoms with Gasteiger partial charge in [0.1, 0.15) is 18.1 Å². The summed E-state index contributed by atoms with van der Waals surface area (Å²) in [5.41, 5.74) is 3.12. The summed E-state index contributed by atoms with van der Waals surface area (Å²) < 4.78 is 11.2. The second kappa shape index (κ2) is 12.7. The molecule has 0 bridgehead atoms. The molecule has 0 saturated carbocycles. The molecule has 1 atom stereocenters. The number of carbonyl (C=O) groups excluding carboxylic acids is 2. The smallest absolute Gasteiger partial charge is 0.295 e. The van der Waals surface area contributed by atoms with E-state index in [4.69, 9.17) is 9.47 Å². The van der Waals surface area contributed by atoms with Crippen LogP contribution in [0.3, 0.4) is 0 Å². The van der Waals surface area contributed by atoms with Gasteiger partial charge in [-0.25, -0.2) is 0 Å². The number of ketones is 1. The van der Waals surface area contributed by atoms with Gasteiger partial charge < -0.3 is 29.5 Å². The Kier molecular flexibility index (Phi) is 9.11. The van der Waals surface area contributed by atoms with Crippen molar-refractivity contribution in [1.29, 1.82) is 0 Å². The number of aliphatic hydroxyl groups is 1. The van der Waals surface area contributed by atoms with Gasteiger partial charge in [-0.2, -0.15) is 0 Å². The summed E-state index contributed by atoms with van der Waals surface area (Å²) in [7, 11) is 1.43. The number of methoxy groups -OCH3 is 1. The number of carbonyl (C=O) groups is 2. The SMILES string of the molecule is CCN(CC)CCN1C(=O)C(=O)/C(=C(/O)c2ccc(OCc3cccc(C)c3)cc2)C1c1ccc(O)c(OC)c1. The zero-order chi connectivity index (χ0) is 28.8.